The van der Waals surface area contributed by atoms with E-state index >= 15 is 0 Å². The largest absolute Gasteiger partial charge is 0.380 e. The third kappa shape index (κ3) is 3.79. The minimum absolute atomic E-state index is 0.0843. The lowest BCUT2D eigenvalue weighted by Gasteiger charge is -2.10. The van der Waals surface area contributed by atoms with Gasteiger partial charge in [0, 0.05) is 28.3 Å². The molecule has 0 fully saturated rings. The van der Waals surface area contributed by atoms with Gasteiger partial charge in [0.15, 0.2) is 5.75 Å². The number of nitrogens with one attached hydrogen (secondary N) is 2. The molecule has 2 aromatic carbocycles. The van der Waals surface area contributed by atoms with Gasteiger partial charge < -0.3 is 10.6 Å². The molecule has 2 heterocycles. The first-order valence-electron chi connectivity index (χ1n) is 8.58. The number of halogens is 1. The Kier molecular flexibility index (Phi) is 5.16. The number of nitrogens with zero attached hydrogens (tertiary/aromatic N) is 1. The van der Waals surface area contributed by atoms with E-state index in [-0.39, 0.29) is 11.7 Å². The Morgan fingerprint density at radius 2 is 1.89 bits per heavy atom. The molecular formula is C21H16FN3O2S. The lowest BCUT2D eigenvalue weighted by molar-refractivity contribution is -0.00618. The average molecular weight is 393 g/mol. The average Bonchev–Trinajstić information content (AvgIpc) is 3.21. The van der Waals surface area contributed by atoms with Crippen molar-refractivity contribution in [3.63, 3.8) is 0 Å². The van der Waals surface area contributed by atoms with Gasteiger partial charge in [-0.25, -0.2) is 0 Å². The van der Waals surface area contributed by atoms with Gasteiger partial charge in [-0.3, -0.25) is 14.7 Å². The summed E-state index contributed by atoms with van der Waals surface area (Å²) in [5, 5.41) is 9.09. The number of hydrogen-bond donors (Lipinski definition) is 2. The summed E-state index contributed by atoms with van der Waals surface area (Å²) in [6.07, 6.45) is 1.78. The van der Waals surface area contributed by atoms with E-state index in [0.29, 0.717) is 17.1 Å². The topological polar surface area (TPSA) is 63.2 Å². The standard InChI is InChI=1S/C21H16FN3O2S/c22-27-16-7-5-15(6-8-16)25-21(26)20-19(10-12-28-20)24-13-14-9-11-23-18-4-2-1-3-17(14)18/h1-12,24H,13H2,(H,25,26). The summed E-state index contributed by atoms with van der Waals surface area (Å²) in [6, 6.07) is 17.8. The van der Waals surface area contributed by atoms with Gasteiger partial charge in [0.25, 0.3) is 5.91 Å². The van der Waals surface area contributed by atoms with E-state index in [2.05, 4.69) is 20.6 Å². The van der Waals surface area contributed by atoms with Gasteiger partial charge in [0.2, 0.25) is 0 Å². The lowest BCUT2D eigenvalue weighted by atomic mass is 10.1. The van der Waals surface area contributed by atoms with Crippen LogP contribution in [0, 0.1) is 0 Å². The van der Waals surface area contributed by atoms with Gasteiger partial charge in [-0.2, -0.15) is 0 Å². The minimum Gasteiger partial charge on any atom is -0.380 e. The Hall–Kier alpha value is -3.45. The highest BCUT2D eigenvalue weighted by molar-refractivity contribution is 7.12. The molecule has 0 spiro atoms. The molecule has 0 unspecified atom stereocenters. The molecule has 2 aromatic heterocycles. The van der Waals surface area contributed by atoms with Crippen LogP contribution < -0.4 is 15.6 Å². The van der Waals surface area contributed by atoms with Crippen LogP contribution >= 0.6 is 11.3 Å². The Morgan fingerprint density at radius 3 is 2.71 bits per heavy atom. The Balaban J connectivity index is 1.48. The quantitative estimate of drug-likeness (QED) is 0.459. The number of anilines is 2. The predicted molar refractivity (Wildman–Crippen MR) is 110 cm³/mol. The highest BCUT2D eigenvalue weighted by atomic mass is 32.1. The monoisotopic (exact) mass is 393 g/mol. The number of fused-ring (bicyclic) bond motifs is 1. The molecule has 0 aliphatic rings. The van der Waals surface area contributed by atoms with E-state index in [4.69, 9.17) is 0 Å². The van der Waals surface area contributed by atoms with E-state index in [0.717, 1.165) is 22.2 Å². The zero-order valence-electron chi connectivity index (χ0n) is 14.7. The highest BCUT2D eigenvalue weighted by Crippen LogP contribution is 2.26. The van der Waals surface area contributed by atoms with Gasteiger partial charge in [-0.1, -0.05) is 18.2 Å². The number of thiophene rings is 1. The zero-order valence-corrected chi connectivity index (χ0v) is 15.5. The van der Waals surface area contributed by atoms with Gasteiger partial charge in [-0.15, -0.1) is 11.3 Å². The van der Waals surface area contributed by atoms with Crippen LogP contribution in [0.1, 0.15) is 15.2 Å². The van der Waals surface area contributed by atoms with Crippen molar-refractivity contribution in [3.05, 3.63) is 82.7 Å². The van der Waals surface area contributed by atoms with Crippen molar-refractivity contribution in [1.29, 1.82) is 0 Å². The second-order valence-corrected chi connectivity index (χ2v) is 6.98. The molecule has 0 atom stereocenters. The van der Waals surface area contributed by atoms with Crippen LogP contribution in [-0.2, 0) is 6.54 Å². The third-order valence-corrected chi connectivity index (χ3v) is 5.19. The van der Waals surface area contributed by atoms with E-state index in [1.54, 1.807) is 18.3 Å². The van der Waals surface area contributed by atoms with E-state index < -0.39 is 0 Å². The maximum atomic E-state index is 12.6. The molecule has 140 valence electrons. The van der Waals surface area contributed by atoms with Crippen LogP contribution in [0.5, 0.6) is 5.75 Å². The van der Waals surface area contributed by atoms with Crippen LogP contribution in [0.4, 0.5) is 15.9 Å². The Labute approximate surface area is 164 Å². The van der Waals surface area contributed by atoms with E-state index in [1.807, 2.05) is 41.8 Å². The van der Waals surface area contributed by atoms with Crippen molar-refractivity contribution in [3.8, 4) is 5.75 Å². The fraction of sp³-hybridized carbons (Fsp3) is 0.0476. The van der Waals surface area contributed by atoms with Gasteiger partial charge in [-0.05, 0) is 53.4 Å². The van der Waals surface area contributed by atoms with E-state index in [1.165, 1.54) is 23.5 Å². The van der Waals surface area contributed by atoms with Gasteiger partial charge in [0.05, 0.1) is 11.2 Å². The fourth-order valence-electron chi connectivity index (χ4n) is 2.90. The Bertz CT molecular complexity index is 1110. The van der Waals surface area contributed by atoms with Gasteiger partial charge >= 0.3 is 0 Å². The lowest BCUT2D eigenvalue weighted by Crippen LogP contribution is -2.12. The summed E-state index contributed by atoms with van der Waals surface area (Å²) >= 11 is 1.35. The summed E-state index contributed by atoms with van der Waals surface area (Å²) in [5.74, 6) is -0.146. The normalized spacial score (nSPS) is 10.6. The van der Waals surface area contributed by atoms with Crippen molar-refractivity contribution >= 4 is 39.5 Å². The van der Waals surface area contributed by atoms with Crippen LogP contribution in [0.15, 0.2) is 72.2 Å². The number of hydrogen-bond acceptors (Lipinski definition) is 5. The van der Waals surface area contributed by atoms with Crippen molar-refractivity contribution in [2.75, 3.05) is 10.6 Å². The Morgan fingerprint density at radius 1 is 1.07 bits per heavy atom. The van der Waals surface area contributed by atoms with E-state index in [9.17, 15) is 9.32 Å². The van der Waals surface area contributed by atoms with Crippen LogP contribution in [0.3, 0.4) is 0 Å². The first-order valence-corrected chi connectivity index (χ1v) is 9.46. The summed E-state index contributed by atoms with van der Waals surface area (Å²) < 4.78 is 12.1. The number of amides is 1. The van der Waals surface area contributed by atoms with Crippen molar-refractivity contribution < 1.29 is 14.3 Å². The highest BCUT2D eigenvalue weighted by Gasteiger charge is 2.14. The van der Waals surface area contributed by atoms with Gasteiger partial charge in [0.1, 0.15) is 4.88 Å². The molecule has 0 aliphatic heterocycles. The van der Waals surface area contributed by atoms with Crippen molar-refractivity contribution in [2.45, 2.75) is 6.54 Å². The fourth-order valence-corrected chi connectivity index (χ4v) is 3.67. The smallest absolute Gasteiger partial charge is 0.267 e. The minimum atomic E-state index is -0.231. The molecule has 0 radical (unpaired) electrons. The molecule has 0 saturated carbocycles. The summed E-state index contributed by atoms with van der Waals surface area (Å²) in [7, 11) is 0. The molecule has 28 heavy (non-hydrogen) atoms. The van der Waals surface area contributed by atoms with Crippen LogP contribution in [0.2, 0.25) is 0 Å². The molecule has 2 N–H and O–H groups in total. The van der Waals surface area contributed by atoms with Crippen molar-refractivity contribution in [2.24, 2.45) is 0 Å². The maximum absolute atomic E-state index is 12.6. The molecule has 0 bridgehead atoms. The summed E-state index contributed by atoms with van der Waals surface area (Å²) in [5.41, 5.74) is 3.35. The van der Waals surface area contributed by atoms with Crippen LogP contribution in [0.25, 0.3) is 10.9 Å². The summed E-state index contributed by atoms with van der Waals surface area (Å²) in [4.78, 5) is 21.2. The number of aromatic nitrogens is 1. The number of carbonyl (C=O) groups is 1. The second-order valence-electron chi connectivity index (χ2n) is 6.06. The molecule has 0 aliphatic carbocycles. The molecule has 1 amide bonds. The first-order chi connectivity index (χ1) is 13.7. The molecule has 0 saturated heterocycles. The SMILES string of the molecule is O=C(Nc1ccc(OF)cc1)c1sccc1NCc1ccnc2ccccc12. The van der Waals surface area contributed by atoms with Crippen LogP contribution in [-0.4, -0.2) is 10.9 Å². The summed E-state index contributed by atoms with van der Waals surface area (Å²) in [6.45, 7) is 0.572. The molecule has 4 rings (SSSR count). The number of rotatable bonds is 6. The third-order valence-electron chi connectivity index (χ3n) is 4.28. The first kappa shape index (κ1) is 17.9. The second kappa shape index (κ2) is 8.06. The molecular weight excluding hydrogens is 377 g/mol. The predicted octanol–water partition coefficient (Wildman–Crippen LogP) is 5.42. The molecule has 7 heteroatoms. The number of carbonyl (C=O) groups excluding carboxylic acids is 1. The number of pyridine rings is 1. The molecule has 5 nitrogen and oxygen atoms in total. The van der Waals surface area contributed by atoms with Crippen molar-refractivity contribution in [1.82, 2.24) is 4.98 Å². The zero-order chi connectivity index (χ0) is 19.3. The molecule has 4 aromatic rings. The number of benzene rings is 2. The maximum Gasteiger partial charge on any atom is 0.267 e. The number of para-hydroxylation sites is 1.